The van der Waals surface area contributed by atoms with Crippen molar-refractivity contribution in [3.8, 4) is 22.8 Å². The predicted octanol–water partition coefficient (Wildman–Crippen LogP) is 4.52. The fourth-order valence-electron chi connectivity index (χ4n) is 6.45. The predicted molar refractivity (Wildman–Crippen MR) is 116 cm³/mol. The molecule has 3 aliphatic heterocycles. The number of para-hydroxylation sites is 1. The monoisotopic (exact) mass is 397 g/mol. The number of rotatable bonds is 0. The first-order valence-electron chi connectivity index (χ1n) is 10.6. The van der Waals surface area contributed by atoms with E-state index in [1.165, 1.54) is 49.7 Å². The molecule has 0 saturated heterocycles. The summed E-state index contributed by atoms with van der Waals surface area (Å²) in [4.78, 5) is 0. The molecule has 1 unspecified atom stereocenters. The van der Waals surface area contributed by atoms with Crippen LogP contribution in [0.3, 0.4) is 0 Å². The highest BCUT2D eigenvalue weighted by Crippen LogP contribution is 2.56. The Bertz CT molecular complexity index is 1830. The average Bonchev–Trinajstić information content (AvgIpc) is 3.48. The lowest BCUT2D eigenvalue weighted by molar-refractivity contribution is -0.950. The molecule has 1 spiro atoms. The third-order valence-electron chi connectivity index (χ3n) is 7.44. The normalized spacial score (nSPS) is 18.7. The first-order chi connectivity index (χ1) is 15.4. The zero-order valence-corrected chi connectivity index (χ0v) is 16.4. The van der Waals surface area contributed by atoms with E-state index in [1.807, 2.05) is 0 Å². The van der Waals surface area contributed by atoms with Crippen LogP contribution in [0.5, 0.6) is 11.5 Å². The number of benzene rings is 3. The minimum Gasteiger partial charge on any atom is -0.456 e. The van der Waals surface area contributed by atoms with Gasteiger partial charge in [0.2, 0.25) is 5.69 Å². The Morgan fingerprint density at radius 1 is 0.710 bits per heavy atom. The number of fused-ring (bicyclic) bond motifs is 5. The Kier molecular flexibility index (Phi) is 2.11. The summed E-state index contributed by atoms with van der Waals surface area (Å²) in [6.45, 7) is 0. The van der Waals surface area contributed by atoms with Crippen LogP contribution in [-0.4, -0.2) is 4.40 Å². The second-order valence-corrected chi connectivity index (χ2v) is 8.65. The highest BCUT2D eigenvalue weighted by molar-refractivity contribution is 6.14. The summed E-state index contributed by atoms with van der Waals surface area (Å²) in [5.41, 5.74) is 6.93. The zero-order chi connectivity index (χ0) is 19.9. The maximum absolute atomic E-state index is 6.56. The van der Waals surface area contributed by atoms with Crippen molar-refractivity contribution in [2.24, 2.45) is 0 Å². The van der Waals surface area contributed by atoms with Gasteiger partial charge in [-0.05, 0) is 36.4 Å². The summed E-state index contributed by atoms with van der Waals surface area (Å²) in [7, 11) is 0. The van der Waals surface area contributed by atoms with Gasteiger partial charge in [-0.1, -0.05) is 24.3 Å². The van der Waals surface area contributed by atoms with Gasteiger partial charge in [0, 0.05) is 22.9 Å². The second-order valence-electron chi connectivity index (χ2n) is 8.65. The van der Waals surface area contributed by atoms with Gasteiger partial charge in [0.05, 0.1) is 10.9 Å². The number of nitrogens with zero attached hydrogens (tertiary/aromatic N) is 3. The van der Waals surface area contributed by atoms with Crippen LogP contribution >= 0.6 is 0 Å². The number of aromatic nitrogens is 3. The van der Waals surface area contributed by atoms with Crippen molar-refractivity contribution in [3.05, 3.63) is 103 Å². The van der Waals surface area contributed by atoms with Gasteiger partial charge >= 0.3 is 11.3 Å². The molecule has 0 amide bonds. The van der Waals surface area contributed by atoms with Crippen LogP contribution in [0.2, 0.25) is 0 Å². The third-order valence-corrected chi connectivity index (χ3v) is 7.44. The fraction of sp³-hybridized carbons (Fsp3) is 0.0370. The van der Waals surface area contributed by atoms with Crippen molar-refractivity contribution in [3.63, 3.8) is 0 Å². The summed E-state index contributed by atoms with van der Waals surface area (Å²) in [5.74, 6) is 1.89. The minimum absolute atomic E-state index is 0.468. The van der Waals surface area contributed by atoms with Gasteiger partial charge in [-0.25, -0.2) is 0 Å². The van der Waals surface area contributed by atoms with Gasteiger partial charge in [-0.15, -0.1) is 4.57 Å². The number of ether oxygens (including phenoxy) is 1. The van der Waals surface area contributed by atoms with Gasteiger partial charge in [0.15, 0.2) is 6.20 Å². The molecule has 142 valence electrons. The van der Waals surface area contributed by atoms with Crippen molar-refractivity contribution >= 4 is 27.3 Å². The minimum atomic E-state index is -0.468. The SMILES string of the molecule is c1cc2c3c(c1)-c1cccc[n+]1C31c3c(ccc4c5ccccc5n5cc[n+]1c5c34)O2. The van der Waals surface area contributed by atoms with Gasteiger partial charge in [-0.3, -0.25) is 0 Å². The number of hydrogen-bond donors (Lipinski definition) is 0. The Morgan fingerprint density at radius 2 is 1.61 bits per heavy atom. The molecular weight excluding hydrogens is 382 g/mol. The summed E-state index contributed by atoms with van der Waals surface area (Å²) < 4.78 is 13.8. The van der Waals surface area contributed by atoms with E-state index in [-0.39, 0.29) is 0 Å². The van der Waals surface area contributed by atoms with Crippen molar-refractivity contribution in [2.75, 3.05) is 0 Å². The molecule has 3 aromatic carbocycles. The van der Waals surface area contributed by atoms with Crippen LogP contribution in [-0.2, 0) is 5.66 Å². The van der Waals surface area contributed by atoms with Gasteiger partial charge in [0.25, 0.3) is 0 Å². The lowest BCUT2D eigenvalue weighted by atomic mass is 9.86. The van der Waals surface area contributed by atoms with E-state index in [0.29, 0.717) is 0 Å². The maximum Gasteiger partial charge on any atom is 0.371 e. The third kappa shape index (κ3) is 1.31. The highest BCUT2D eigenvalue weighted by atomic mass is 16.5. The van der Waals surface area contributed by atoms with Crippen LogP contribution in [0.25, 0.3) is 38.6 Å². The van der Waals surface area contributed by atoms with E-state index in [9.17, 15) is 0 Å². The average molecular weight is 397 g/mol. The first kappa shape index (κ1) is 14.7. The molecule has 31 heavy (non-hydrogen) atoms. The van der Waals surface area contributed by atoms with E-state index in [1.54, 1.807) is 0 Å². The molecule has 9 rings (SSSR count). The van der Waals surface area contributed by atoms with Crippen molar-refractivity contribution in [1.29, 1.82) is 0 Å². The van der Waals surface area contributed by atoms with Crippen LogP contribution in [0.15, 0.2) is 91.4 Å². The van der Waals surface area contributed by atoms with E-state index in [0.717, 1.165) is 11.5 Å². The topological polar surface area (TPSA) is 21.4 Å². The molecule has 6 heterocycles. The maximum atomic E-state index is 6.56. The number of imidazole rings is 1. The first-order valence-corrected chi connectivity index (χ1v) is 10.6. The van der Waals surface area contributed by atoms with Gasteiger partial charge in [-0.2, -0.15) is 8.97 Å². The number of hydrogen-bond acceptors (Lipinski definition) is 1. The Labute approximate surface area is 176 Å². The van der Waals surface area contributed by atoms with E-state index in [2.05, 4.69) is 105 Å². The smallest absolute Gasteiger partial charge is 0.371 e. The summed E-state index contributed by atoms with van der Waals surface area (Å²) in [6.07, 6.45) is 6.67. The van der Waals surface area contributed by atoms with E-state index in [4.69, 9.17) is 4.74 Å². The highest BCUT2D eigenvalue weighted by Gasteiger charge is 2.67. The Hall–Kier alpha value is -4.18. The molecule has 3 aromatic heterocycles. The van der Waals surface area contributed by atoms with Crippen LogP contribution in [0.4, 0.5) is 0 Å². The largest absolute Gasteiger partial charge is 0.456 e. The molecule has 0 aliphatic carbocycles. The van der Waals surface area contributed by atoms with Crippen molar-refractivity contribution in [2.45, 2.75) is 5.66 Å². The molecule has 3 aliphatic rings. The van der Waals surface area contributed by atoms with Gasteiger partial charge in [0.1, 0.15) is 40.5 Å². The van der Waals surface area contributed by atoms with E-state index >= 15 is 0 Å². The summed E-state index contributed by atoms with van der Waals surface area (Å²) in [5, 5.41) is 3.83. The second kappa shape index (κ2) is 4.44. The molecule has 0 fully saturated rings. The summed E-state index contributed by atoms with van der Waals surface area (Å²) in [6, 6.07) is 26.0. The van der Waals surface area contributed by atoms with Crippen molar-refractivity contribution < 1.29 is 13.9 Å². The van der Waals surface area contributed by atoms with Crippen molar-refractivity contribution in [1.82, 2.24) is 4.40 Å². The summed E-state index contributed by atoms with van der Waals surface area (Å²) >= 11 is 0. The molecule has 0 radical (unpaired) electrons. The number of pyridine rings is 2. The zero-order valence-electron chi connectivity index (χ0n) is 16.4. The lowest BCUT2D eigenvalue weighted by Gasteiger charge is -2.27. The Balaban J connectivity index is 1.65. The van der Waals surface area contributed by atoms with E-state index < -0.39 is 5.66 Å². The lowest BCUT2D eigenvalue weighted by Crippen LogP contribution is -2.71. The van der Waals surface area contributed by atoms with Crippen LogP contribution in [0.1, 0.15) is 11.1 Å². The molecule has 6 aromatic rings. The van der Waals surface area contributed by atoms with Crippen LogP contribution < -0.4 is 13.9 Å². The molecule has 4 nitrogen and oxygen atoms in total. The quantitative estimate of drug-likeness (QED) is 0.272. The molecule has 4 heteroatoms. The standard InChI is InChI=1S/C27H15N3O/c1-2-8-19-16(6-1)17-11-12-22-25-23(17)26-28(19)14-15-30(26)27(25)24-18(7-5-10-21(24)31-22)20-9-3-4-13-29(20)27/h1-15H/q+2. The molecule has 0 bridgehead atoms. The molecular formula is C27H15N3O+2. The van der Waals surface area contributed by atoms with Gasteiger partial charge < -0.3 is 4.74 Å². The molecule has 0 saturated carbocycles. The molecule has 1 atom stereocenters. The fourth-order valence-corrected chi connectivity index (χ4v) is 6.45. The molecule has 0 N–H and O–H groups in total. The van der Waals surface area contributed by atoms with Crippen LogP contribution in [0, 0.1) is 0 Å². The Morgan fingerprint density at radius 3 is 2.61 bits per heavy atom.